The Kier molecular flexibility index (Phi) is 6.51. The zero-order valence-corrected chi connectivity index (χ0v) is 17.8. The van der Waals surface area contributed by atoms with Crippen LogP contribution in [0.1, 0.15) is 26.3 Å². The first-order valence-electron chi connectivity index (χ1n) is 9.71. The zero-order valence-electron chi connectivity index (χ0n) is 17.0. The minimum Gasteiger partial charge on any atom is -0.452 e. The van der Waals surface area contributed by atoms with Gasteiger partial charge in [-0.3, -0.25) is 9.59 Å². The number of esters is 1. The topological polar surface area (TPSA) is 116 Å². The van der Waals surface area contributed by atoms with Crippen LogP contribution in [-0.4, -0.2) is 44.5 Å². The number of nitrogens with zero attached hydrogens (tertiary/aromatic N) is 4. The van der Waals surface area contributed by atoms with Gasteiger partial charge >= 0.3 is 5.97 Å². The summed E-state index contributed by atoms with van der Waals surface area (Å²) in [5, 5.41) is 13.8. The third-order valence-electron chi connectivity index (χ3n) is 4.57. The maximum absolute atomic E-state index is 12.9. The van der Waals surface area contributed by atoms with Gasteiger partial charge in [0.15, 0.2) is 12.4 Å². The number of ketones is 1. The van der Waals surface area contributed by atoms with Gasteiger partial charge in [0, 0.05) is 16.1 Å². The predicted octanol–water partition coefficient (Wildman–Crippen LogP) is 3.34. The van der Waals surface area contributed by atoms with Crippen LogP contribution in [0, 0.1) is 0 Å². The van der Waals surface area contributed by atoms with E-state index in [0.29, 0.717) is 16.3 Å². The number of ether oxygens (including phenoxy) is 1. The van der Waals surface area contributed by atoms with E-state index in [2.05, 4.69) is 20.8 Å². The van der Waals surface area contributed by atoms with Crippen LogP contribution in [-0.2, 0) is 9.53 Å². The molecule has 0 radical (unpaired) electrons. The standard InChI is InChI=1S/C23H16ClN5O4/c24-17-9-10-20(19(12-17)22(31)15-5-2-1-3-6-15)26-21(30)13-33-23(32)16-7-4-8-18(11-16)29-14-25-27-28-29/h1-12,14H,13H2,(H,26,30). The fourth-order valence-electron chi connectivity index (χ4n) is 3.01. The number of nitrogens with one attached hydrogen (secondary N) is 1. The van der Waals surface area contributed by atoms with Crippen molar-refractivity contribution in [3.8, 4) is 5.69 Å². The Morgan fingerprint density at radius 1 is 0.939 bits per heavy atom. The molecular weight excluding hydrogens is 446 g/mol. The highest BCUT2D eigenvalue weighted by Gasteiger charge is 2.17. The second kappa shape index (κ2) is 9.84. The molecule has 0 bridgehead atoms. The second-order valence-electron chi connectivity index (χ2n) is 6.81. The molecule has 0 spiro atoms. The molecule has 0 aliphatic carbocycles. The summed E-state index contributed by atoms with van der Waals surface area (Å²) < 4.78 is 6.50. The number of carbonyl (C=O) groups is 3. The Morgan fingerprint density at radius 3 is 2.48 bits per heavy atom. The molecule has 1 aromatic heterocycles. The van der Waals surface area contributed by atoms with Crippen molar-refractivity contribution >= 4 is 34.9 Å². The minimum atomic E-state index is -0.697. The van der Waals surface area contributed by atoms with Gasteiger partial charge in [-0.15, -0.1) is 5.10 Å². The first kappa shape index (κ1) is 21.8. The van der Waals surface area contributed by atoms with E-state index in [0.717, 1.165) is 0 Å². The number of tetrazole rings is 1. The van der Waals surface area contributed by atoms with Gasteiger partial charge in [-0.05, 0) is 46.8 Å². The quantitative estimate of drug-likeness (QED) is 0.331. The predicted molar refractivity (Wildman–Crippen MR) is 119 cm³/mol. The Balaban J connectivity index is 1.43. The highest BCUT2D eigenvalue weighted by Crippen LogP contribution is 2.24. The molecule has 164 valence electrons. The van der Waals surface area contributed by atoms with Crippen LogP contribution < -0.4 is 5.32 Å². The van der Waals surface area contributed by atoms with E-state index in [1.54, 1.807) is 54.6 Å². The Labute approximate surface area is 192 Å². The summed E-state index contributed by atoms with van der Waals surface area (Å²) in [7, 11) is 0. The summed E-state index contributed by atoms with van der Waals surface area (Å²) in [6, 6.07) is 19.6. The molecule has 10 heteroatoms. The normalized spacial score (nSPS) is 10.5. The lowest BCUT2D eigenvalue weighted by atomic mass is 10.0. The minimum absolute atomic E-state index is 0.224. The van der Waals surface area contributed by atoms with E-state index in [4.69, 9.17) is 16.3 Å². The summed E-state index contributed by atoms with van der Waals surface area (Å²) in [5.74, 6) is -1.61. The van der Waals surface area contributed by atoms with E-state index in [9.17, 15) is 14.4 Å². The number of anilines is 1. The third kappa shape index (κ3) is 5.28. The summed E-state index contributed by atoms with van der Waals surface area (Å²) in [6.45, 7) is -0.546. The van der Waals surface area contributed by atoms with Crippen molar-refractivity contribution in [3.63, 3.8) is 0 Å². The molecule has 0 aliphatic rings. The molecule has 0 unspecified atom stereocenters. The average molecular weight is 462 g/mol. The van der Waals surface area contributed by atoms with Crippen LogP contribution in [0.3, 0.4) is 0 Å². The molecule has 1 amide bonds. The van der Waals surface area contributed by atoms with Crippen LogP contribution in [0.4, 0.5) is 5.69 Å². The lowest BCUT2D eigenvalue weighted by molar-refractivity contribution is -0.119. The third-order valence-corrected chi connectivity index (χ3v) is 4.80. The summed E-state index contributed by atoms with van der Waals surface area (Å²) >= 11 is 6.06. The van der Waals surface area contributed by atoms with Gasteiger partial charge in [0.05, 0.1) is 16.9 Å². The van der Waals surface area contributed by atoms with Crippen molar-refractivity contribution in [1.82, 2.24) is 20.2 Å². The molecule has 1 N–H and O–H groups in total. The second-order valence-corrected chi connectivity index (χ2v) is 7.25. The number of rotatable bonds is 7. The first-order valence-corrected chi connectivity index (χ1v) is 10.1. The maximum atomic E-state index is 12.9. The lowest BCUT2D eigenvalue weighted by Crippen LogP contribution is -2.22. The number of hydrogen-bond donors (Lipinski definition) is 1. The monoisotopic (exact) mass is 461 g/mol. The van der Waals surface area contributed by atoms with E-state index < -0.39 is 18.5 Å². The molecule has 0 saturated heterocycles. The van der Waals surface area contributed by atoms with Gasteiger partial charge in [-0.25, -0.2) is 9.48 Å². The molecule has 9 nitrogen and oxygen atoms in total. The van der Waals surface area contributed by atoms with Crippen molar-refractivity contribution in [1.29, 1.82) is 0 Å². The molecule has 0 fully saturated rings. The molecular formula is C23H16ClN5O4. The van der Waals surface area contributed by atoms with Gasteiger partial charge < -0.3 is 10.1 Å². The first-order chi connectivity index (χ1) is 16.0. The van der Waals surface area contributed by atoms with Crippen molar-refractivity contribution in [2.24, 2.45) is 0 Å². The van der Waals surface area contributed by atoms with Crippen molar-refractivity contribution in [2.75, 3.05) is 11.9 Å². The largest absolute Gasteiger partial charge is 0.452 e. The SMILES string of the molecule is O=C(COC(=O)c1cccc(-n2cnnn2)c1)Nc1ccc(Cl)cc1C(=O)c1ccccc1. The Bertz CT molecular complexity index is 1310. The number of carbonyl (C=O) groups excluding carboxylic acids is 3. The molecule has 33 heavy (non-hydrogen) atoms. The van der Waals surface area contributed by atoms with Gasteiger partial charge in [-0.2, -0.15) is 0 Å². The van der Waals surface area contributed by atoms with E-state index in [1.165, 1.54) is 29.2 Å². The summed E-state index contributed by atoms with van der Waals surface area (Å²) in [4.78, 5) is 37.7. The smallest absolute Gasteiger partial charge is 0.338 e. The van der Waals surface area contributed by atoms with Gasteiger partial charge in [0.2, 0.25) is 0 Å². The fourth-order valence-corrected chi connectivity index (χ4v) is 3.19. The van der Waals surface area contributed by atoms with Crippen LogP contribution in [0.5, 0.6) is 0 Å². The van der Waals surface area contributed by atoms with Gasteiger partial charge in [0.25, 0.3) is 5.91 Å². The van der Waals surface area contributed by atoms with Crippen molar-refractivity contribution in [2.45, 2.75) is 0 Å². The Morgan fingerprint density at radius 2 is 1.73 bits per heavy atom. The van der Waals surface area contributed by atoms with Crippen molar-refractivity contribution in [3.05, 3.63) is 101 Å². The molecule has 0 aliphatic heterocycles. The molecule has 0 saturated carbocycles. The van der Waals surface area contributed by atoms with Crippen LogP contribution in [0.2, 0.25) is 5.02 Å². The lowest BCUT2D eigenvalue weighted by Gasteiger charge is -2.12. The van der Waals surface area contributed by atoms with Crippen molar-refractivity contribution < 1.29 is 19.1 Å². The zero-order chi connectivity index (χ0) is 23.2. The van der Waals surface area contributed by atoms with Gasteiger partial charge in [-0.1, -0.05) is 48.0 Å². The Hall–Kier alpha value is -4.37. The average Bonchev–Trinajstić information content (AvgIpc) is 3.39. The van der Waals surface area contributed by atoms with Crippen LogP contribution in [0.25, 0.3) is 5.69 Å². The van der Waals surface area contributed by atoms with E-state index in [1.807, 2.05) is 0 Å². The molecule has 4 rings (SSSR count). The molecule has 4 aromatic rings. The molecule has 0 atom stereocenters. The highest BCUT2D eigenvalue weighted by molar-refractivity contribution is 6.31. The number of halogens is 1. The van der Waals surface area contributed by atoms with Crippen LogP contribution in [0.15, 0.2) is 79.1 Å². The van der Waals surface area contributed by atoms with Gasteiger partial charge in [0.1, 0.15) is 6.33 Å². The number of benzene rings is 3. The maximum Gasteiger partial charge on any atom is 0.338 e. The number of hydrogen-bond acceptors (Lipinski definition) is 7. The highest BCUT2D eigenvalue weighted by atomic mass is 35.5. The fraction of sp³-hybridized carbons (Fsp3) is 0.0435. The summed E-state index contributed by atoms with van der Waals surface area (Å²) in [6.07, 6.45) is 1.39. The number of aromatic nitrogens is 4. The van der Waals surface area contributed by atoms with E-state index in [-0.39, 0.29) is 22.6 Å². The molecule has 3 aromatic carbocycles. The van der Waals surface area contributed by atoms with Crippen LogP contribution >= 0.6 is 11.6 Å². The molecule has 1 heterocycles. The number of amides is 1. The summed E-state index contributed by atoms with van der Waals surface area (Å²) in [5.41, 5.74) is 1.72. The van der Waals surface area contributed by atoms with E-state index >= 15 is 0 Å².